The molecule has 158 valence electrons. The molecule has 1 aliphatic rings. The van der Waals surface area contributed by atoms with Gasteiger partial charge < -0.3 is 4.90 Å². The van der Waals surface area contributed by atoms with Crippen molar-refractivity contribution in [3.8, 4) is 11.1 Å². The van der Waals surface area contributed by atoms with Gasteiger partial charge in [-0.1, -0.05) is 60.7 Å². The predicted molar refractivity (Wildman–Crippen MR) is 130 cm³/mol. The number of hydrogen-bond acceptors (Lipinski definition) is 4. The number of aromatic nitrogens is 1. The second-order valence-corrected chi connectivity index (χ2v) is 8.53. The summed E-state index contributed by atoms with van der Waals surface area (Å²) < 4.78 is 0. The highest BCUT2D eigenvalue weighted by molar-refractivity contribution is 7.98. The zero-order valence-electron chi connectivity index (χ0n) is 17.6. The molecular formula is C25H27N5S. The Balaban J connectivity index is 1.39. The van der Waals surface area contributed by atoms with Crippen molar-refractivity contribution in [1.82, 2.24) is 14.8 Å². The standard InChI is InChI=1S/C25H27N5S/c1-27-25(26)30-15-13-29(14-16-30)18-23-11-6-12-28-24(23)31-19-20-7-5-10-22(17-20)21-8-3-2-4-9-21/h2-12,17,26H,1,13-16,18-19H2. The van der Waals surface area contributed by atoms with E-state index in [1.54, 1.807) is 11.8 Å². The number of benzene rings is 2. The van der Waals surface area contributed by atoms with Crippen LogP contribution in [0.15, 0.2) is 82.9 Å². The topological polar surface area (TPSA) is 55.6 Å². The summed E-state index contributed by atoms with van der Waals surface area (Å²) in [5, 5.41) is 8.92. The summed E-state index contributed by atoms with van der Waals surface area (Å²) in [7, 11) is 0. The van der Waals surface area contributed by atoms with Crippen LogP contribution in [-0.2, 0) is 12.3 Å². The number of thioether (sulfide) groups is 1. The van der Waals surface area contributed by atoms with Crippen LogP contribution in [0.2, 0.25) is 0 Å². The van der Waals surface area contributed by atoms with Crippen LogP contribution in [0.1, 0.15) is 11.1 Å². The molecule has 0 saturated carbocycles. The Hall–Kier alpha value is -2.96. The van der Waals surface area contributed by atoms with Crippen LogP contribution in [0, 0.1) is 5.41 Å². The Labute approximate surface area is 188 Å². The Morgan fingerprint density at radius 1 is 0.968 bits per heavy atom. The molecule has 1 N–H and O–H groups in total. The van der Waals surface area contributed by atoms with Crippen molar-refractivity contribution in [2.75, 3.05) is 26.2 Å². The van der Waals surface area contributed by atoms with Crippen LogP contribution in [0.25, 0.3) is 11.1 Å². The molecule has 5 nitrogen and oxygen atoms in total. The van der Waals surface area contributed by atoms with Gasteiger partial charge in [-0.05, 0) is 35.0 Å². The molecule has 2 aromatic carbocycles. The lowest BCUT2D eigenvalue weighted by atomic mass is 10.0. The van der Waals surface area contributed by atoms with Crippen LogP contribution in [-0.4, -0.2) is 53.6 Å². The summed E-state index contributed by atoms with van der Waals surface area (Å²) in [6.07, 6.45) is 1.88. The third-order valence-electron chi connectivity index (χ3n) is 5.48. The predicted octanol–water partition coefficient (Wildman–Crippen LogP) is 4.79. The smallest absolute Gasteiger partial charge is 0.217 e. The maximum absolute atomic E-state index is 7.82. The van der Waals surface area contributed by atoms with E-state index in [0.29, 0.717) is 0 Å². The highest BCUT2D eigenvalue weighted by Crippen LogP contribution is 2.27. The van der Waals surface area contributed by atoms with Gasteiger partial charge in [-0.25, -0.2) is 9.98 Å². The first-order valence-electron chi connectivity index (χ1n) is 10.5. The fourth-order valence-corrected chi connectivity index (χ4v) is 4.69. The minimum Gasteiger partial charge on any atom is -0.339 e. The molecular weight excluding hydrogens is 402 g/mol. The molecule has 0 radical (unpaired) electrons. The van der Waals surface area contributed by atoms with Gasteiger partial charge in [0.15, 0.2) is 0 Å². The molecule has 1 aromatic heterocycles. The monoisotopic (exact) mass is 429 g/mol. The first-order chi connectivity index (χ1) is 15.2. The molecule has 0 aliphatic carbocycles. The maximum Gasteiger partial charge on any atom is 0.217 e. The van der Waals surface area contributed by atoms with Gasteiger partial charge in [-0.15, -0.1) is 11.8 Å². The summed E-state index contributed by atoms with van der Waals surface area (Å²) in [4.78, 5) is 12.8. The number of guanidine groups is 1. The first-order valence-corrected chi connectivity index (χ1v) is 11.4. The second-order valence-electron chi connectivity index (χ2n) is 7.57. The lowest BCUT2D eigenvalue weighted by Crippen LogP contribution is -2.47. The molecule has 1 fully saturated rings. The quantitative estimate of drug-likeness (QED) is 0.348. The third kappa shape index (κ3) is 5.60. The van der Waals surface area contributed by atoms with E-state index in [2.05, 4.69) is 76.2 Å². The number of rotatable bonds is 6. The molecule has 0 bridgehead atoms. The minimum atomic E-state index is 0.273. The van der Waals surface area contributed by atoms with E-state index in [9.17, 15) is 0 Å². The van der Waals surface area contributed by atoms with Crippen molar-refractivity contribution in [3.63, 3.8) is 0 Å². The zero-order chi connectivity index (χ0) is 21.5. The van der Waals surface area contributed by atoms with E-state index in [1.165, 1.54) is 22.3 Å². The molecule has 0 atom stereocenters. The van der Waals surface area contributed by atoms with E-state index >= 15 is 0 Å². The number of aliphatic imine (C=N–C) groups is 1. The molecule has 6 heteroatoms. The van der Waals surface area contributed by atoms with E-state index in [1.807, 2.05) is 23.2 Å². The molecule has 2 heterocycles. The van der Waals surface area contributed by atoms with Crippen molar-refractivity contribution in [2.24, 2.45) is 4.99 Å². The summed E-state index contributed by atoms with van der Waals surface area (Å²) in [6.45, 7) is 7.79. The molecule has 3 aromatic rings. The van der Waals surface area contributed by atoms with Gasteiger partial charge in [-0.2, -0.15) is 0 Å². The van der Waals surface area contributed by atoms with Crippen LogP contribution < -0.4 is 0 Å². The van der Waals surface area contributed by atoms with E-state index in [0.717, 1.165) is 43.5 Å². The van der Waals surface area contributed by atoms with Crippen molar-refractivity contribution in [2.45, 2.75) is 17.3 Å². The van der Waals surface area contributed by atoms with Crippen LogP contribution in [0.4, 0.5) is 0 Å². The minimum absolute atomic E-state index is 0.273. The highest BCUT2D eigenvalue weighted by atomic mass is 32.2. The maximum atomic E-state index is 7.82. The molecule has 0 spiro atoms. The molecule has 1 saturated heterocycles. The van der Waals surface area contributed by atoms with Crippen LogP contribution in [0.5, 0.6) is 0 Å². The fourth-order valence-electron chi connectivity index (χ4n) is 3.76. The van der Waals surface area contributed by atoms with E-state index < -0.39 is 0 Å². The van der Waals surface area contributed by atoms with Crippen LogP contribution in [0.3, 0.4) is 0 Å². The zero-order valence-corrected chi connectivity index (χ0v) is 18.4. The highest BCUT2D eigenvalue weighted by Gasteiger charge is 2.19. The molecule has 0 amide bonds. The largest absolute Gasteiger partial charge is 0.339 e. The molecule has 0 unspecified atom stereocenters. The summed E-state index contributed by atoms with van der Waals surface area (Å²) in [6, 6.07) is 23.4. The van der Waals surface area contributed by atoms with Crippen molar-refractivity contribution >= 4 is 24.4 Å². The van der Waals surface area contributed by atoms with Gasteiger partial charge in [0.2, 0.25) is 5.96 Å². The average molecular weight is 430 g/mol. The van der Waals surface area contributed by atoms with Gasteiger partial charge in [0.1, 0.15) is 5.03 Å². The van der Waals surface area contributed by atoms with E-state index in [4.69, 9.17) is 5.41 Å². The van der Waals surface area contributed by atoms with Gasteiger partial charge in [-0.3, -0.25) is 10.3 Å². The summed E-state index contributed by atoms with van der Waals surface area (Å²) in [5.41, 5.74) is 5.05. The normalized spacial score (nSPS) is 14.4. The summed E-state index contributed by atoms with van der Waals surface area (Å²) >= 11 is 1.80. The van der Waals surface area contributed by atoms with Crippen molar-refractivity contribution < 1.29 is 0 Å². The lowest BCUT2D eigenvalue weighted by molar-refractivity contribution is 0.173. The Morgan fingerprint density at radius 3 is 2.52 bits per heavy atom. The number of piperazine rings is 1. The summed E-state index contributed by atoms with van der Waals surface area (Å²) in [5.74, 6) is 1.16. The Bertz CT molecular complexity index is 1030. The number of pyridine rings is 1. The molecule has 1 aliphatic heterocycles. The van der Waals surface area contributed by atoms with Gasteiger partial charge in [0.05, 0.1) is 0 Å². The molecule has 31 heavy (non-hydrogen) atoms. The number of hydrogen-bond donors (Lipinski definition) is 1. The number of nitrogens with zero attached hydrogens (tertiary/aromatic N) is 4. The van der Waals surface area contributed by atoms with Crippen LogP contribution >= 0.6 is 11.8 Å². The van der Waals surface area contributed by atoms with Gasteiger partial charge in [0.25, 0.3) is 0 Å². The Kier molecular flexibility index (Phi) is 7.12. The van der Waals surface area contributed by atoms with Gasteiger partial charge in [0, 0.05) is 44.7 Å². The lowest BCUT2D eigenvalue weighted by Gasteiger charge is -2.34. The third-order valence-corrected chi connectivity index (χ3v) is 6.59. The van der Waals surface area contributed by atoms with E-state index in [-0.39, 0.29) is 5.96 Å². The average Bonchev–Trinajstić information content (AvgIpc) is 2.84. The van der Waals surface area contributed by atoms with Gasteiger partial charge >= 0.3 is 0 Å². The second kappa shape index (κ2) is 10.4. The first kappa shape index (κ1) is 21.3. The fraction of sp³-hybridized carbons (Fsp3) is 0.240. The van der Waals surface area contributed by atoms with Crippen molar-refractivity contribution in [1.29, 1.82) is 5.41 Å². The van der Waals surface area contributed by atoms with Crippen molar-refractivity contribution in [3.05, 3.63) is 84.1 Å². The molecule has 4 rings (SSSR count). The number of nitrogens with one attached hydrogen (secondary N) is 1. The Morgan fingerprint density at radius 2 is 1.74 bits per heavy atom. The SMILES string of the molecule is C=NC(=N)N1CCN(Cc2cccnc2SCc2cccc(-c3ccccc3)c2)CC1.